The van der Waals surface area contributed by atoms with Gasteiger partial charge in [0.25, 0.3) is 5.91 Å². The molecule has 0 bridgehead atoms. The van der Waals surface area contributed by atoms with Crippen LogP contribution in [0.4, 0.5) is 16.2 Å². The first-order valence-corrected chi connectivity index (χ1v) is 11.3. The van der Waals surface area contributed by atoms with Crippen LogP contribution in [0.2, 0.25) is 0 Å². The number of nitrogens with one attached hydrogen (secondary N) is 2. The van der Waals surface area contributed by atoms with Gasteiger partial charge >= 0.3 is 6.09 Å². The van der Waals surface area contributed by atoms with Gasteiger partial charge in [0.05, 0.1) is 44.1 Å². The fraction of sp³-hybridized carbons (Fsp3) is 0.304. The largest absolute Gasteiger partial charge is 0.453 e. The van der Waals surface area contributed by atoms with E-state index in [0.717, 1.165) is 11.3 Å². The molecule has 2 amide bonds. The number of rotatable bonds is 7. The van der Waals surface area contributed by atoms with E-state index in [1.807, 2.05) is 31.2 Å². The second-order valence-electron chi connectivity index (χ2n) is 8.40. The van der Waals surface area contributed by atoms with Crippen molar-refractivity contribution in [2.75, 3.05) is 44.0 Å². The molecule has 0 aliphatic carbocycles. The number of carbonyl (C=O) groups excluding carboxylic acids is 2. The van der Waals surface area contributed by atoms with Gasteiger partial charge in [-0.25, -0.2) is 9.31 Å². The number of ether oxygens (including phenoxy) is 1. The van der Waals surface area contributed by atoms with Crippen LogP contribution in [0.15, 0.2) is 42.7 Å². The summed E-state index contributed by atoms with van der Waals surface area (Å²) in [5.41, 5.74) is 4.01. The summed E-state index contributed by atoms with van der Waals surface area (Å²) < 4.78 is 6.33. The number of tetrazole rings is 1. The number of fused-ring (bicyclic) bond motifs is 1. The van der Waals surface area contributed by atoms with Gasteiger partial charge < -0.3 is 25.4 Å². The molecule has 0 radical (unpaired) electrons. The Balaban J connectivity index is 1.33. The fourth-order valence-electron chi connectivity index (χ4n) is 3.93. The monoisotopic (exact) mass is 491 g/mol. The van der Waals surface area contributed by atoms with Crippen molar-refractivity contribution in [1.82, 2.24) is 34.7 Å². The van der Waals surface area contributed by atoms with E-state index in [-0.39, 0.29) is 24.6 Å². The predicted octanol–water partition coefficient (Wildman–Crippen LogP) is 1.58. The van der Waals surface area contributed by atoms with Gasteiger partial charge in [0.2, 0.25) is 5.82 Å². The molecular weight excluding hydrogens is 466 g/mol. The van der Waals surface area contributed by atoms with E-state index in [4.69, 9.17) is 9.84 Å². The molecule has 0 atom stereocenters. The second kappa shape index (κ2) is 9.62. The smallest absolute Gasteiger partial charge is 0.409 e. The molecule has 3 aromatic heterocycles. The molecule has 3 N–H and O–H groups in total. The molecule has 13 heteroatoms. The predicted molar refractivity (Wildman–Crippen MR) is 130 cm³/mol. The molecule has 1 aliphatic heterocycles. The number of aryl methyl sites for hydroxylation is 1. The molecule has 4 heterocycles. The molecule has 1 aromatic carbocycles. The van der Waals surface area contributed by atoms with Gasteiger partial charge in [-0.15, -0.1) is 10.2 Å². The highest BCUT2D eigenvalue weighted by atomic mass is 16.5. The average Bonchev–Trinajstić information content (AvgIpc) is 3.50. The lowest BCUT2D eigenvalue weighted by molar-refractivity contribution is 0.0621. The van der Waals surface area contributed by atoms with Crippen LogP contribution in [0, 0.1) is 6.92 Å². The van der Waals surface area contributed by atoms with E-state index >= 15 is 0 Å². The van der Waals surface area contributed by atoms with Crippen LogP contribution in [0.1, 0.15) is 22.0 Å². The Morgan fingerprint density at radius 1 is 1.22 bits per heavy atom. The number of amides is 2. The van der Waals surface area contributed by atoms with Crippen LogP contribution in [0.25, 0.3) is 16.9 Å². The van der Waals surface area contributed by atoms with Crippen LogP contribution in [0.5, 0.6) is 0 Å². The van der Waals surface area contributed by atoms with Crippen molar-refractivity contribution >= 4 is 28.9 Å². The maximum absolute atomic E-state index is 13.2. The summed E-state index contributed by atoms with van der Waals surface area (Å²) in [5, 5.41) is 32.1. The van der Waals surface area contributed by atoms with Crippen molar-refractivity contribution in [3.63, 3.8) is 0 Å². The van der Waals surface area contributed by atoms with Crippen molar-refractivity contribution in [1.29, 1.82) is 0 Å². The first-order chi connectivity index (χ1) is 17.5. The molecule has 0 saturated carbocycles. The third-order valence-electron chi connectivity index (χ3n) is 6.00. The Kier molecular flexibility index (Phi) is 6.21. The van der Waals surface area contributed by atoms with E-state index in [1.54, 1.807) is 21.7 Å². The van der Waals surface area contributed by atoms with Gasteiger partial charge in [-0.3, -0.25) is 4.79 Å². The van der Waals surface area contributed by atoms with Crippen molar-refractivity contribution < 1.29 is 19.4 Å². The van der Waals surface area contributed by atoms with Gasteiger partial charge in [-0.1, -0.05) is 12.1 Å². The van der Waals surface area contributed by atoms with Crippen molar-refractivity contribution in [2.45, 2.75) is 13.0 Å². The Morgan fingerprint density at radius 3 is 2.83 bits per heavy atom. The van der Waals surface area contributed by atoms with Crippen molar-refractivity contribution in [3.05, 3.63) is 53.9 Å². The first-order valence-electron chi connectivity index (χ1n) is 11.3. The molecule has 4 aromatic rings. The SMILES string of the molecule is COC(=O)N1CC(n2nnc(-c3ccc(C)c(NC(=O)c4cnn5ccc(NCCO)cc45)c3)n2)C1. The molecular formula is C23H25N9O4. The van der Waals surface area contributed by atoms with Gasteiger partial charge in [-0.2, -0.15) is 9.90 Å². The van der Waals surface area contributed by atoms with Crippen molar-refractivity contribution in [2.24, 2.45) is 0 Å². The van der Waals surface area contributed by atoms with Crippen LogP contribution in [0.3, 0.4) is 0 Å². The number of aliphatic hydroxyl groups excluding tert-OH is 1. The summed E-state index contributed by atoms with van der Waals surface area (Å²) in [6.45, 7) is 3.21. The molecule has 0 unspecified atom stereocenters. The normalized spacial score (nSPS) is 13.5. The zero-order chi connectivity index (χ0) is 25.2. The minimum atomic E-state index is -0.380. The molecule has 186 valence electrons. The quantitative estimate of drug-likeness (QED) is 0.350. The highest BCUT2D eigenvalue weighted by molar-refractivity contribution is 6.09. The third kappa shape index (κ3) is 4.43. The molecule has 1 saturated heterocycles. The lowest BCUT2D eigenvalue weighted by Gasteiger charge is -2.36. The first kappa shape index (κ1) is 23.2. The van der Waals surface area contributed by atoms with E-state index < -0.39 is 0 Å². The van der Waals surface area contributed by atoms with E-state index in [9.17, 15) is 9.59 Å². The number of likely N-dealkylation sites (tertiary alicyclic amines) is 1. The minimum absolute atomic E-state index is 0.00259. The molecule has 0 spiro atoms. The van der Waals surface area contributed by atoms with Crippen LogP contribution < -0.4 is 10.6 Å². The van der Waals surface area contributed by atoms with Crippen LogP contribution in [-0.4, -0.2) is 85.2 Å². The number of nitrogens with zero attached hydrogens (tertiary/aromatic N) is 7. The molecule has 13 nitrogen and oxygen atoms in total. The molecule has 5 rings (SSSR count). The van der Waals surface area contributed by atoms with E-state index in [0.29, 0.717) is 47.8 Å². The summed E-state index contributed by atoms with van der Waals surface area (Å²) in [5.74, 6) is 0.108. The maximum Gasteiger partial charge on any atom is 0.409 e. The van der Waals surface area contributed by atoms with E-state index in [1.165, 1.54) is 18.1 Å². The zero-order valence-corrected chi connectivity index (χ0v) is 19.7. The number of hydrogen-bond donors (Lipinski definition) is 3. The Hall–Kier alpha value is -4.52. The van der Waals surface area contributed by atoms with Gasteiger partial charge in [0, 0.05) is 29.7 Å². The summed E-state index contributed by atoms with van der Waals surface area (Å²) in [4.78, 5) is 27.8. The standard InChI is InChI=1S/C23H25N9O4/c1-14-3-4-15(21-27-29-32(28-21)17-12-30(13-17)23(35)36-2)9-19(14)26-22(34)18-11-25-31-7-5-16(10-20(18)31)24-6-8-33/h3-5,7,9-11,17,24,33H,6,8,12-13H2,1-2H3,(H,26,34). The highest BCUT2D eigenvalue weighted by Crippen LogP contribution is 2.26. The van der Waals surface area contributed by atoms with Gasteiger partial charge in [-0.05, 0) is 35.9 Å². The number of pyridine rings is 1. The third-order valence-corrected chi connectivity index (χ3v) is 6.00. The lowest BCUT2D eigenvalue weighted by atomic mass is 10.1. The topological polar surface area (TPSA) is 152 Å². The summed E-state index contributed by atoms with van der Waals surface area (Å²) in [6.07, 6.45) is 2.89. The lowest BCUT2D eigenvalue weighted by Crippen LogP contribution is -2.51. The Labute approximate surface area is 205 Å². The Bertz CT molecular complexity index is 1420. The van der Waals surface area contributed by atoms with Crippen LogP contribution in [-0.2, 0) is 4.74 Å². The summed E-state index contributed by atoms with van der Waals surface area (Å²) >= 11 is 0. The number of carbonyl (C=O) groups is 2. The average molecular weight is 492 g/mol. The zero-order valence-electron chi connectivity index (χ0n) is 19.7. The highest BCUT2D eigenvalue weighted by Gasteiger charge is 2.34. The fourth-order valence-corrected chi connectivity index (χ4v) is 3.93. The van der Waals surface area contributed by atoms with E-state index in [2.05, 4.69) is 31.1 Å². The maximum atomic E-state index is 13.2. The number of benzene rings is 1. The number of methoxy groups -OCH3 is 1. The number of aliphatic hydroxyl groups is 1. The molecule has 36 heavy (non-hydrogen) atoms. The number of hydrogen-bond acceptors (Lipinski definition) is 9. The number of anilines is 2. The molecule has 1 fully saturated rings. The van der Waals surface area contributed by atoms with Crippen molar-refractivity contribution in [3.8, 4) is 11.4 Å². The molecule has 1 aliphatic rings. The summed E-state index contributed by atoms with van der Waals surface area (Å²) in [7, 11) is 1.35. The number of aromatic nitrogens is 6. The Morgan fingerprint density at radius 2 is 2.06 bits per heavy atom. The second-order valence-corrected chi connectivity index (χ2v) is 8.40. The van der Waals surface area contributed by atoms with Gasteiger partial charge in [0.1, 0.15) is 6.04 Å². The van der Waals surface area contributed by atoms with Gasteiger partial charge in [0.15, 0.2) is 0 Å². The van der Waals surface area contributed by atoms with Crippen LogP contribution >= 0.6 is 0 Å². The minimum Gasteiger partial charge on any atom is -0.453 e. The summed E-state index contributed by atoms with van der Waals surface area (Å²) in [6, 6.07) is 9.11.